The van der Waals surface area contributed by atoms with Gasteiger partial charge in [0.1, 0.15) is 23.2 Å². The van der Waals surface area contributed by atoms with E-state index in [2.05, 4.69) is 4.90 Å². The number of amides is 1. The zero-order valence-corrected chi connectivity index (χ0v) is 18.7. The number of rotatable bonds is 7. The average molecular weight is 451 g/mol. The van der Waals surface area contributed by atoms with E-state index >= 15 is 0 Å². The number of benzene rings is 2. The standard InChI is InChI=1S/C27H28F2N2O2/c1-18-5-12-25(33-18)16-30-14-21(26(17-30)19-6-8-22(28)9-7-19)15-31(24-10-11-24)27(32)20-3-2-4-23(29)13-20/h2-9,12-13,21,24,26H,10-11,14-17H2,1H3. The third kappa shape index (κ3) is 5.01. The average Bonchev–Trinajstić information content (AvgIpc) is 3.45. The normalized spacial score (nSPS) is 20.8. The number of furan rings is 1. The van der Waals surface area contributed by atoms with Crippen LogP contribution >= 0.6 is 0 Å². The Hall–Kier alpha value is -2.99. The number of hydrogen-bond donors (Lipinski definition) is 0. The van der Waals surface area contributed by atoms with E-state index in [4.69, 9.17) is 4.42 Å². The highest BCUT2D eigenvalue weighted by Gasteiger charge is 2.40. The Bertz CT molecular complexity index is 1120. The fourth-order valence-electron chi connectivity index (χ4n) is 4.98. The smallest absolute Gasteiger partial charge is 0.254 e. The SMILES string of the molecule is Cc1ccc(CN2CC(CN(C(=O)c3cccc(F)c3)C3CC3)C(c3ccc(F)cc3)C2)o1. The number of carbonyl (C=O) groups is 1. The molecule has 0 bridgehead atoms. The quantitative estimate of drug-likeness (QED) is 0.485. The molecule has 6 heteroatoms. The van der Waals surface area contributed by atoms with Crippen LogP contribution in [0.25, 0.3) is 0 Å². The van der Waals surface area contributed by atoms with E-state index < -0.39 is 5.82 Å². The van der Waals surface area contributed by atoms with Gasteiger partial charge in [0.2, 0.25) is 0 Å². The Morgan fingerprint density at radius 2 is 1.82 bits per heavy atom. The lowest BCUT2D eigenvalue weighted by molar-refractivity contribution is 0.0710. The van der Waals surface area contributed by atoms with E-state index in [9.17, 15) is 13.6 Å². The van der Waals surface area contributed by atoms with Gasteiger partial charge >= 0.3 is 0 Å². The fourth-order valence-corrected chi connectivity index (χ4v) is 4.98. The molecule has 2 aliphatic rings. The van der Waals surface area contributed by atoms with Crippen LogP contribution in [0.5, 0.6) is 0 Å². The predicted octanol–water partition coefficient (Wildman–Crippen LogP) is 5.39. The third-order valence-corrected chi connectivity index (χ3v) is 6.74. The minimum absolute atomic E-state index is 0.116. The summed E-state index contributed by atoms with van der Waals surface area (Å²) in [7, 11) is 0. The van der Waals surface area contributed by atoms with E-state index in [1.807, 2.05) is 36.1 Å². The van der Waals surface area contributed by atoms with Crippen LogP contribution in [0, 0.1) is 24.5 Å². The Balaban J connectivity index is 1.38. The van der Waals surface area contributed by atoms with Crippen molar-refractivity contribution in [3.05, 3.63) is 94.9 Å². The van der Waals surface area contributed by atoms with Crippen LogP contribution in [0.15, 0.2) is 65.1 Å². The van der Waals surface area contributed by atoms with Crippen molar-refractivity contribution in [2.75, 3.05) is 19.6 Å². The van der Waals surface area contributed by atoms with Crippen LogP contribution in [-0.2, 0) is 6.54 Å². The van der Waals surface area contributed by atoms with Crippen molar-refractivity contribution in [3.63, 3.8) is 0 Å². The molecule has 2 unspecified atom stereocenters. The van der Waals surface area contributed by atoms with Crippen molar-refractivity contribution in [2.24, 2.45) is 5.92 Å². The lowest BCUT2D eigenvalue weighted by Gasteiger charge is -2.29. The molecular weight excluding hydrogens is 422 g/mol. The molecule has 2 heterocycles. The van der Waals surface area contributed by atoms with Crippen molar-refractivity contribution in [1.82, 2.24) is 9.80 Å². The number of aryl methyl sites for hydroxylation is 1. The van der Waals surface area contributed by atoms with Gasteiger partial charge in [0.05, 0.1) is 6.54 Å². The molecule has 0 spiro atoms. The maximum absolute atomic E-state index is 13.8. The summed E-state index contributed by atoms with van der Waals surface area (Å²) in [5, 5.41) is 0. The van der Waals surface area contributed by atoms with Gasteiger partial charge in [-0.3, -0.25) is 9.69 Å². The van der Waals surface area contributed by atoms with Crippen molar-refractivity contribution in [3.8, 4) is 0 Å². The summed E-state index contributed by atoms with van der Waals surface area (Å²) in [5.74, 6) is 1.39. The minimum Gasteiger partial charge on any atom is -0.465 e. The Morgan fingerprint density at radius 1 is 1.03 bits per heavy atom. The fraction of sp³-hybridized carbons (Fsp3) is 0.370. The van der Waals surface area contributed by atoms with Crippen LogP contribution in [-0.4, -0.2) is 41.4 Å². The Labute approximate surface area is 192 Å². The summed E-state index contributed by atoms with van der Waals surface area (Å²) < 4.78 is 33.1. The van der Waals surface area contributed by atoms with Crippen LogP contribution in [0.2, 0.25) is 0 Å². The summed E-state index contributed by atoms with van der Waals surface area (Å²) in [6.45, 7) is 4.84. The first-order valence-corrected chi connectivity index (χ1v) is 11.6. The van der Waals surface area contributed by atoms with Crippen molar-refractivity contribution >= 4 is 5.91 Å². The molecule has 1 saturated carbocycles. The summed E-state index contributed by atoms with van der Waals surface area (Å²) in [6, 6.07) is 16.8. The van der Waals surface area contributed by atoms with Crippen molar-refractivity contribution in [1.29, 1.82) is 0 Å². The van der Waals surface area contributed by atoms with Gasteiger partial charge < -0.3 is 9.32 Å². The molecule has 2 aromatic carbocycles. The molecule has 1 aromatic heterocycles. The van der Waals surface area contributed by atoms with E-state index in [1.165, 1.54) is 24.3 Å². The predicted molar refractivity (Wildman–Crippen MR) is 122 cm³/mol. The number of carbonyl (C=O) groups excluding carboxylic acids is 1. The molecule has 4 nitrogen and oxygen atoms in total. The van der Waals surface area contributed by atoms with E-state index in [0.29, 0.717) is 18.7 Å². The molecule has 1 aliphatic heterocycles. The number of likely N-dealkylation sites (tertiary alicyclic amines) is 1. The van der Waals surface area contributed by atoms with Gasteiger partial charge in [0, 0.05) is 37.2 Å². The highest BCUT2D eigenvalue weighted by atomic mass is 19.1. The topological polar surface area (TPSA) is 36.7 Å². The molecular formula is C27H28F2N2O2. The second-order valence-corrected chi connectivity index (χ2v) is 9.32. The van der Waals surface area contributed by atoms with Gasteiger partial charge in [-0.1, -0.05) is 18.2 Å². The zero-order valence-electron chi connectivity index (χ0n) is 18.7. The molecule has 1 saturated heterocycles. The molecule has 5 rings (SSSR count). The third-order valence-electron chi connectivity index (χ3n) is 6.74. The van der Waals surface area contributed by atoms with Crippen molar-refractivity contribution in [2.45, 2.75) is 38.3 Å². The van der Waals surface area contributed by atoms with E-state index in [-0.39, 0.29) is 29.6 Å². The summed E-state index contributed by atoms with van der Waals surface area (Å²) in [5.41, 5.74) is 1.47. The number of hydrogen-bond acceptors (Lipinski definition) is 3. The molecule has 2 atom stereocenters. The highest BCUT2D eigenvalue weighted by Crippen LogP contribution is 2.37. The molecule has 33 heavy (non-hydrogen) atoms. The lowest BCUT2D eigenvalue weighted by Crippen LogP contribution is -2.39. The van der Waals surface area contributed by atoms with Crippen LogP contribution < -0.4 is 0 Å². The molecule has 3 aromatic rings. The second-order valence-electron chi connectivity index (χ2n) is 9.32. The first-order valence-electron chi connectivity index (χ1n) is 11.6. The molecule has 0 radical (unpaired) electrons. The summed E-state index contributed by atoms with van der Waals surface area (Å²) >= 11 is 0. The number of nitrogens with zero attached hydrogens (tertiary/aromatic N) is 2. The number of halogens is 2. The second kappa shape index (κ2) is 9.10. The van der Waals surface area contributed by atoms with Crippen LogP contribution in [0.3, 0.4) is 0 Å². The molecule has 1 aliphatic carbocycles. The maximum atomic E-state index is 13.8. The van der Waals surface area contributed by atoms with Gasteiger partial charge in [0.15, 0.2) is 0 Å². The lowest BCUT2D eigenvalue weighted by atomic mass is 9.88. The van der Waals surface area contributed by atoms with E-state index in [0.717, 1.165) is 43.0 Å². The Morgan fingerprint density at radius 3 is 2.48 bits per heavy atom. The van der Waals surface area contributed by atoms with Gasteiger partial charge in [-0.25, -0.2) is 8.78 Å². The summed E-state index contributed by atoms with van der Waals surface area (Å²) in [4.78, 5) is 17.6. The molecule has 0 N–H and O–H groups in total. The van der Waals surface area contributed by atoms with Gasteiger partial charge in [-0.2, -0.15) is 0 Å². The largest absolute Gasteiger partial charge is 0.465 e. The van der Waals surface area contributed by atoms with Crippen LogP contribution in [0.1, 0.15) is 46.2 Å². The zero-order chi connectivity index (χ0) is 22.9. The Kier molecular flexibility index (Phi) is 6.02. The summed E-state index contributed by atoms with van der Waals surface area (Å²) in [6.07, 6.45) is 1.95. The monoisotopic (exact) mass is 450 g/mol. The highest BCUT2D eigenvalue weighted by molar-refractivity contribution is 5.94. The van der Waals surface area contributed by atoms with Gasteiger partial charge in [-0.05, 0) is 73.7 Å². The van der Waals surface area contributed by atoms with Gasteiger partial charge in [0.25, 0.3) is 5.91 Å². The molecule has 1 amide bonds. The van der Waals surface area contributed by atoms with Crippen molar-refractivity contribution < 1.29 is 18.0 Å². The maximum Gasteiger partial charge on any atom is 0.254 e. The van der Waals surface area contributed by atoms with E-state index in [1.54, 1.807) is 12.1 Å². The first kappa shape index (κ1) is 21.8. The molecule has 172 valence electrons. The van der Waals surface area contributed by atoms with Crippen LogP contribution in [0.4, 0.5) is 8.78 Å². The van der Waals surface area contributed by atoms with Gasteiger partial charge in [-0.15, -0.1) is 0 Å². The molecule has 2 fully saturated rings. The first-order chi connectivity index (χ1) is 16.0. The minimum atomic E-state index is -0.401.